The summed E-state index contributed by atoms with van der Waals surface area (Å²) in [7, 11) is 0. The van der Waals surface area contributed by atoms with Crippen molar-refractivity contribution in [3.8, 4) is 0 Å². The van der Waals surface area contributed by atoms with Crippen LogP contribution in [0.25, 0.3) is 6.08 Å². The maximum absolute atomic E-state index is 12.4. The fraction of sp³-hybridized carbons (Fsp3) is 0.400. The van der Waals surface area contributed by atoms with E-state index >= 15 is 0 Å². The predicted octanol–water partition coefficient (Wildman–Crippen LogP) is 3.74. The molecular formula is C15H15F3O3S. The van der Waals surface area contributed by atoms with E-state index in [9.17, 15) is 18.0 Å². The number of halogens is 3. The van der Waals surface area contributed by atoms with E-state index < -0.39 is 18.0 Å². The Morgan fingerprint density at radius 2 is 1.82 bits per heavy atom. The molecule has 1 aliphatic heterocycles. The van der Waals surface area contributed by atoms with Crippen molar-refractivity contribution in [2.45, 2.75) is 24.6 Å². The normalized spacial score (nSPS) is 22.9. The number of alkyl halides is 3. The van der Waals surface area contributed by atoms with Crippen LogP contribution in [0.1, 0.15) is 18.1 Å². The summed E-state index contributed by atoms with van der Waals surface area (Å²) in [5.41, 5.74) is -0.0562. The Morgan fingerprint density at radius 1 is 1.23 bits per heavy atom. The third kappa shape index (κ3) is 5.15. The highest BCUT2D eigenvalue weighted by Gasteiger charge is 2.29. The topological polar surface area (TPSA) is 35.5 Å². The van der Waals surface area contributed by atoms with E-state index in [2.05, 4.69) is 0 Å². The van der Waals surface area contributed by atoms with Gasteiger partial charge < -0.3 is 9.47 Å². The molecule has 0 amide bonds. The zero-order valence-electron chi connectivity index (χ0n) is 11.8. The molecule has 0 saturated carbocycles. The summed E-state index contributed by atoms with van der Waals surface area (Å²) in [4.78, 5) is 11.0. The lowest BCUT2D eigenvalue weighted by molar-refractivity contribution is -0.146. The summed E-state index contributed by atoms with van der Waals surface area (Å²) in [6.07, 6.45) is -1.60. The number of hydrogen-bond acceptors (Lipinski definition) is 4. The zero-order chi connectivity index (χ0) is 16.2. The summed E-state index contributed by atoms with van der Waals surface area (Å²) in [5, 5.41) is -0.0100. The van der Waals surface area contributed by atoms with Crippen molar-refractivity contribution in [3.63, 3.8) is 0 Å². The van der Waals surface area contributed by atoms with E-state index in [4.69, 9.17) is 9.47 Å². The van der Waals surface area contributed by atoms with Crippen molar-refractivity contribution in [2.75, 3.05) is 13.2 Å². The number of hydrogen-bond donors (Lipinski definition) is 0. The number of thioether (sulfide) groups is 1. The predicted molar refractivity (Wildman–Crippen MR) is 78.2 cm³/mol. The standard InChI is InChI=1S/C15H15F3O3S/c1-10(19)22-13-8-20-14(21-9-13)7-4-11-2-5-12(6-3-11)15(16,17)18/h2-7,13-14H,8-9H2,1H3. The molecule has 0 spiro atoms. The number of carbonyl (C=O) groups is 1. The molecule has 0 N–H and O–H groups in total. The van der Waals surface area contributed by atoms with Crippen LogP contribution in [-0.2, 0) is 20.4 Å². The molecule has 1 fully saturated rings. The number of ether oxygens (including phenoxy) is 2. The minimum Gasteiger partial charge on any atom is -0.348 e. The van der Waals surface area contributed by atoms with Crippen molar-refractivity contribution in [1.82, 2.24) is 0 Å². The third-order valence-electron chi connectivity index (χ3n) is 2.91. The second-order valence-electron chi connectivity index (χ2n) is 4.75. The molecule has 0 unspecified atom stereocenters. The van der Waals surface area contributed by atoms with Gasteiger partial charge >= 0.3 is 6.18 Å². The maximum atomic E-state index is 12.4. The molecule has 7 heteroatoms. The van der Waals surface area contributed by atoms with Gasteiger partial charge in [0.05, 0.1) is 24.0 Å². The Bertz CT molecular complexity index is 532. The Morgan fingerprint density at radius 3 is 2.32 bits per heavy atom. The van der Waals surface area contributed by atoms with Gasteiger partial charge in [-0.15, -0.1) is 0 Å². The van der Waals surface area contributed by atoms with Gasteiger partial charge in [-0.3, -0.25) is 4.79 Å². The van der Waals surface area contributed by atoms with Crippen LogP contribution in [0.4, 0.5) is 13.2 Å². The van der Waals surface area contributed by atoms with Crippen LogP contribution in [0.15, 0.2) is 30.3 Å². The molecule has 1 saturated heterocycles. The van der Waals surface area contributed by atoms with Crippen LogP contribution in [0.5, 0.6) is 0 Å². The summed E-state index contributed by atoms with van der Waals surface area (Å²) in [6.45, 7) is 2.28. The summed E-state index contributed by atoms with van der Waals surface area (Å²) in [5.74, 6) is 0. The highest BCUT2D eigenvalue weighted by atomic mass is 32.2. The maximum Gasteiger partial charge on any atom is 0.416 e. The number of benzene rings is 1. The Hall–Kier alpha value is -1.31. The molecule has 0 aromatic heterocycles. The Labute approximate surface area is 130 Å². The highest BCUT2D eigenvalue weighted by Crippen LogP contribution is 2.29. The molecule has 1 aromatic rings. The minimum absolute atomic E-state index is 0.0101. The van der Waals surface area contributed by atoms with E-state index in [1.54, 1.807) is 12.2 Å². The number of carbonyl (C=O) groups excluding carboxylic acids is 1. The second kappa shape index (κ2) is 7.30. The fourth-order valence-electron chi connectivity index (χ4n) is 1.89. The lowest BCUT2D eigenvalue weighted by Gasteiger charge is -2.26. The third-order valence-corrected chi connectivity index (χ3v) is 3.85. The molecule has 0 radical (unpaired) electrons. The van der Waals surface area contributed by atoms with Crippen molar-refractivity contribution in [1.29, 1.82) is 0 Å². The molecule has 0 atom stereocenters. The van der Waals surface area contributed by atoms with Gasteiger partial charge in [-0.05, 0) is 23.8 Å². The van der Waals surface area contributed by atoms with Gasteiger partial charge in [0, 0.05) is 6.92 Å². The average Bonchev–Trinajstić information content (AvgIpc) is 2.45. The lowest BCUT2D eigenvalue weighted by atomic mass is 10.1. The largest absolute Gasteiger partial charge is 0.416 e. The molecule has 22 heavy (non-hydrogen) atoms. The SMILES string of the molecule is CC(=O)SC1COC(C=Cc2ccc(C(F)(F)F)cc2)OC1. The van der Waals surface area contributed by atoms with Crippen LogP contribution in [0.3, 0.4) is 0 Å². The minimum atomic E-state index is -4.33. The monoisotopic (exact) mass is 332 g/mol. The van der Waals surface area contributed by atoms with Crippen LogP contribution >= 0.6 is 11.8 Å². The van der Waals surface area contributed by atoms with Crippen molar-refractivity contribution in [2.24, 2.45) is 0 Å². The van der Waals surface area contributed by atoms with E-state index in [1.165, 1.54) is 30.8 Å². The average molecular weight is 332 g/mol. The first-order chi connectivity index (χ1) is 10.3. The van der Waals surface area contributed by atoms with Gasteiger partial charge in [0.1, 0.15) is 0 Å². The number of rotatable bonds is 3. The Kier molecular flexibility index (Phi) is 5.66. The van der Waals surface area contributed by atoms with E-state index in [0.29, 0.717) is 18.8 Å². The van der Waals surface area contributed by atoms with Gasteiger partial charge in [-0.2, -0.15) is 13.2 Å². The molecule has 1 heterocycles. The summed E-state index contributed by atoms with van der Waals surface area (Å²) < 4.78 is 48.2. The lowest BCUT2D eigenvalue weighted by Crippen LogP contribution is -2.33. The smallest absolute Gasteiger partial charge is 0.348 e. The molecule has 3 nitrogen and oxygen atoms in total. The molecular weight excluding hydrogens is 317 g/mol. The molecule has 0 aliphatic carbocycles. The quantitative estimate of drug-likeness (QED) is 0.845. The van der Waals surface area contributed by atoms with Crippen molar-refractivity contribution < 1.29 is 27.4 Å². The van der Waals surface area contributed by atoms with Gasteiger partial charge in [-0.25, -0.2) is 0 Å². The molecule has 2 rings (SSSR count). The highest BCUT2D eigenvalue weighted by molar-refractivity contribution is 8.14. The van der Waals surface area contributed by atoms with Crippen LogP contribution in [0, 0.1) is 0 Å². The summed E-state index contributed by atoms with van der Waals surface area (Å²) >= 11 is 1.18. The fourth-order valence-corrected chi connectivity index (χ4v) is 2.65. The van der Waals surface area contributed by atoms with Gasteiger partial charge in [0.2, 0.25) is 0 Å². The Balaban J connectivity index is 1.87. The summed E-state index contributed by atoms with van der Waals surface area (Å²) in [6, 6.07) is 4.83. The molecule has 1 aromatic carbocycles. The first-order valence-electron chi connectivity index (χ1n) is 6.60. The second-order valence-corrected chi connectivity index (χ2v) is 6.22. The first-order valence-corrected chi connectivity index (χ1v) is 7.48. The molecule has 0 bridgehead atoms. The van der Waals surface area contributed by atoms with Gasteiger partial charge in [0.15, 0.2) is 11.4 Å². The van der Waals surface area contributed by atoms with Gasteiger partial charge in [-0.1, -0.05) is 30.0 Å². The van der Waals surface area contributed by atoms with E-state index in [1.807, 2.05) is 0 Å². The first kappa shape index (κ1) is 17.1. The van der Waals surface area contributed by atoms with Crippen LogP contribution < -0.4 is 0 Å². The van der Waals surface area contributed by atoms with E-state index in [-0.39, 0.29) is 10.4 Å². The van der Waals surface area contributed by atoms with Crippen LogP contribution in [0.2, 0.25) is 0 Å². The molecule has 120 valence electrons. The van der Waals surface area contributed by atoms with Crippen LogP contribution in [-0.4, -0.2) is 29.9 Å². The van der Waals surface area contributed by atoms with Gasteiger partial charge in [0.25, 0.3) is 0 Å². The van der Waals surface area contributed by atoms with E-state index in [0.717, 1.165) is 12.1 Å². The van der Waals surface area contributed by atoms with Crippen molar-refractivity contribution in [3.05, 3.63) is 41.5 Å². The zero-order valence-corrected chi connectivity index (χ0v) is 12.6. The molecule has 1 aliphatic rings. The van der Waals surface area contributed by atoms with Crippen molar-refractivity contribution >= 4 is 23.0 Å².